The van der Waals surface area contributed by atoms with Gasteiger partial charge in [-0.1, -0.05) is 267 Å². The summed E-state index contributed by atoms with van der Waals surface area (Å²) < 4.78 is 68.1. The van der Waals surface area contributed by atoms with E-state index in [9.17, 15) is 43.2 Å². The smallest absolute Gasteiger partial charge is 0.462 e. The van der Waals surface area contributed by atoms with Gasteiger partial charge < -0.3 is 33.8 Å². The summed E-state index contributed by atoms with van der Waals surface area (Å²) in [6, 6.07) is 0. The van der Waals surface area contributed by atoms with E-state index in [0.717, 1.165) is 120 Å². The largest absolute Gasteiger partial charge is 0.472 e. The predicted molar refractivity (Wildman–Crippen MR) is 340 cm³/mol. The minimum Gasteiger partial charge on any atom is -0.462 e. The second-order valence-electron chi connectivity index (χ2n) is 25.5. The highest BCUT2D eigenvalue weighted by atomic mass is 31.2. The first-order valence-electron chi connectivity index (χ1n) is 34.2. The van der Waals surface area contributed by atoms with Crippen molar-refractivity contribution in [3.8, 4) is 0 Å². The number of carbonyl (C=O) groups is 4. The number of hydrogen-bond donors (Lipinski definition) is 3. The third-order valence-electron chi connectivity index (χ3n) is 15.4. The molecule has 17 nitrogen and oxygen atoms in total. The molecule has 0 amide bonds. The molecule has 0 bridgehead atoms. The van der Waals surface area contributed by atoms with Crippen molar-refractivity contribution in [1.82, 2.24) is 0 Å². The number of carbonyl (C=O) groups excluding carboxylic acids is 4. The molecule has 504 valence electrons. The van der Waals surface area contributed by atoms with Crippen molar-refractivity contribution in [2.24, 2.45) is 23.7 Å². The molecule has 6 atom stereocenters. The van der Waals surface area contributed by atoms with Crippen LogP contribution in [0.1, 0.15) is 319 Å². The molecule has 0 aliphatic heterocycles. The lowest BCUT2D eigenvalue weighted by molar-refractivity contribution is -0.161. The summed E-state index contributed by atoms with van der Waals surface area (Å²) in [6.45, 7) is 14.0. The van der Waals surface area contributed by atoms with Crippen molar-refractivity contribution in [3.05, 3.63) is 0 Å². The Bertz CT molecular complexity index is 1700. The van der Waals surface area contributed by atoms with Crippen LogP contribution in [0.15, 0.2) is 0 Å². The van der Waals surface area contributed by atoms with E-state index >= 15 is 0 Å². The molecule has 3 unspecified atom stereocenters. The van der Waals surface area contributed by atoms with Crippen LogP contribution >= 0.6 is 15.6 Å². The van der Waals surface area contributed by atoms with Crippen molar-refractivity contribution >= 4 is 39.5 Å². The molecule has 0 fully saturated rings. The standard InChI is InChI=1S/C66H128O17P2/c1-9-59(8)45-37-29-24-25-31-39-47-64(69)77-53-62(82-65(70)48-40-32-22-15-11-13-19-27-35-43-57(4)5)55-81-85(74,75)79-51-60(67)50-78-84(72,73)80-54-61(83-66(71)49-41-33-23-17-16-20-28-36-44-58(6)7)52-76-63(68)46-38-30-21-14-10-12-18-26-34-42-56(2)3/h56-62,67H,9-55H2,1-8H3,(H,72,73)(H,74,75)/t59?,60-,61-,62-/m1/s1. The third kappa shape index (κ3) is 59.5. The van der Waals surface area contributed by atoms with E-state index in [0.29, 0.717) is 25.7 Å². The molecule has 0 saturated heterocycles. The summed E-state index contributed by atoms with van der Waals surface area (Å²) in [5.74, 6) is 0.792. The number of rotatable bonds is 63. The number of unbranched alkanes of at least 4 members (excludes halogenated alkanes) is 28. The summed E-state index contributed by atoms with van der Waals surface area (Å²) in [5, 5.41) is 10.6. The number of esters is 4. The molecule has 0 rings (SSSR count). The molecule has 3 N–H and O–H groups in total. The number of phosphoric acid groups is 2. The number of aliphatic hydroxyl groups excluding tert-OH is 1. The lowest BCUT2D eigenvalue weighted by Crippen LogP contribution is -2.30. The number of ether oxygens (including phenoxy) is 4. The van der Waals surface area contributed by atoms with E-state index in [4.69, 9.17) is 37.0 Å². The van der Waals surface area contributed by atoms with Gasteiger partial charge in [-0.3, -0.25) is 37.3 Å². The Hall–Kier alpha value is -1.94. The monoisotopic (exact) mass is 1250 g/mol. The fourth-order valence-electron chi connectivity index (χ4n) is 9.75. The molecule has 85 heavy (non-hydrogen) atoms. The van der Waals surface area contributed by atoms with E-state index in [2.05, 4.69) is 55.4 Å². The SMILES string of the molecule is CCC(C)CCCCCCCCC(=O)OC[C@H](COP(=O)(O)OC[C@H](O)COP(=O)(O)OC[C@@H](COC(=O)CCCCCCCCCCCC(C)C)OC(=O)CCCCCCCCCCC(C)C)OC(=O)CCCCCCCCCCCC(C)C. The summed E-state index contributed by atoms with van der Waals surface area (Å²) in [6.07, 6.45) is 36.3. The van der Waals surface area contributed by atoms with Crippen LogP contribution in [-0.4, -0.2) is 96.7 Å². The van der Waals surface area contributed by atoms with Crippen LogP contribution < -0.4 is 0 Å². The first-order valence-corrected chi connectivity index (χ1v) is 37.2. The second kappa shape index (κ2) is 56.1. The van der Waals surface area contributed by atoms with E-state index in [1.54, 1.807) is 0 Å². The zero-order valence-corrected chi connectivity index (χ0v) is 57.0. The second-order valence-corrected chi connectivity index (χ2v) is 28.4. The summed E-state index contributed by atoms with van der Waals surface area (Å²) in [5.41, 5.74) is 0. The summed E-state index contributed by atoms with van der Waals surface area (Å²) in [4.78, 5) is 72.3. The van der Waals surface area contributed by atoms with Crippen molar-refractivity contribution in [1.29, 1.82) is 0 Å². The highest BCUT2D eigenvalue weighted by Gasteiger charge is 2.30. The van der Waals surface area contributed by atoms with Gasteiger partial charge in [0.25, 0.3) is 0 Å². The maximum Gasteiger partial charge on any atom is 0.472 e. The quantitative estimate of drug-likeness (QED) is 0.0222. The zero-order chi connectivity index (χ0) is 63.2. The van der Waals surface area contributed by atoms with Gasteiger partial charge in [0.15, 0.2) is 12.2 Å². The first-order chi connectivity index (χ1) is 40.6. The van der Waals surface area contributed by atoms with Gasteiger partial charge in [0.05, 0.1) is 26.4 Å². The van der Waals surface area contributed by atoms with Gasteiger partial charge in [0.1, 0.15) is 19.3 Å². The van der Waals surface area contributed by atoms with Crippen LogP contribution in [0.2, 0.25) is 0 Å². The van der Waals surface area contributed by atoms with Gasteiger partial charge in [-0.05, 0) is 49.4 Å². The average Bonchev–Trinajstić information content (AvgIpc) is 3.54. The zero-order valence-electron chi connectivity index (χ0n) is 55.2. The van der Waals surface area contributed by atoms with E-state index in [1.807, 2.05) is 0 Å². The normalized spacial score (nSPS) is 14.7. The van der Waals surface area contributed by atoms with Gasteiger partial charge >= 0.3 is 39.5 Å². The Kier molecular flexibility index (Phi) is 54.8. The number of phosphoric ester groups is 2. The molecule has 0 spiro atoms. The lowest BCUT2D eigenvalue weighted by atomic mass is 10.00. The minimum atomic E-state index is -4.95. The fourth-order valence-corrected chi connectivity index (χ4v) is 11.3. The molecule has 0 saturated carbocycles. The van der Waals surface area contributed by atoms with Crippen molar-refractivity contribution in [2.75, 3.05) is 39.6 Å². The van der Waals surface area contributed by atoms with Crippen LogP contribution in [-0.2, 0) is 65.4 Å². The molecule has 0 aliphatic rings. The molecular formula is C66H128O17P2. The molecule has 0 aromatic rings. The van der Waals surface area contributed by atoms with Crippen molar-refractivity contribution in [2.45, 2.75) is 337 Å². The first kappa shape index (κ1) is 83.1. The molecule has 0 radical (unpaired) electrons. The summed E-state index contributed by atoms with van der Waals surface area (Å²) >= 11 is 0. The van der Waals surface area contributed by atoms with E-state index in [1.165, 1.54) is 116 Å². The Labute approximate surface area is 517 Å². The Morgan fingerprint density at radius 2 is 0.565 bits per heavy atom. The predicted octanol–water partition coefficient (Wildman–Crippen LogP) is 18.1. The third-order valence-corrected chi connectivity index (χ3v) is 17.3. The van der Waals surface area contributed by atoms with Crippen LogP contribution in [0.3, 0.4) is 0 Å². The van der Waals surface area contributed by atoms with Crippen molar-refractivity contribution < 1.29 is 80.2 Å². The maximum atomic E-state index is 13.0. The fraction of sp³-hybridized carbons (Fsp3) is 0.939. The van der Waals surface area contributed by atoms with Crippen LogP contribution in [0.5, 0.6) is 0 Å². The molecular weight excluding hydrogens is 1130 g/mol. The van der Waals surface area contributed by atoms with E-state index in [-0.39, 0.29) is 25.7 Å². The molecule has 0 aliphatic carbocycles. The molecule has 0 heterocycles. The van der Waals surface area contributed by atoms with E-state index < -0.39 is 97.5 Å². The van der Waals surface area contributed by atoms with Gasteiger partial charge in [0.2, 0.25) is 0 Å². The number of aliphatic hydroxyl groups is 1. The highest BCUT2D eigenvalue weighted by molar-refractivity contribution is 7.47. The highest BCUT2D eigenvalue weighted by Crippen LogP contribution is 2.45. The minimum absolute atomic E-state index is 0.103. The Morgan fingerprint density at radius 3 is 0.835 bits per heavy atom. The van der Waals surface area contributed by atoms with Gasteiger partial charge in [-0.25, -0.2) is 9.13 Å². The molecule has 19 heteroatoms. The van der Waals surface area contributed by atoms with Gasteiger partial charge in [-0.15, -0.1) is 0 Å². The Morgan fingerprint density at radius 1 is 0.329 bits per heavy atom. The Balaban J connectivity index is 5.26. The topological polar surface area (TPSA) is 237 Å². The van der Waals surface area contributed by atoms with Crippen LogP contribution in [0.25, 0.3) is 0 Å². The van der Waals surface area contributed by atoms with Gasteiger partial charge in [-0.2, -0.15) is 0 Å². The van der Waals surface area contributed by atoms with Crippen LogP contribution in [0.4, 0.5) is 0 Å². The lowest BCUT2D eigenvalue weighted by Gasteiger charge is -2.21. The summed E-state index contributed by atoms with van der Waals surface area (Å²) in [7, 11) is -9.89. The number of hydrogen-bond acceptors (Lipinski definition) is 15. The average molecular weight is 1260 g/mol. The van der Waals surface area contributed by atoms with Crippen molar-refractivity contribution in [3.63, 3.8) is 0 Å². The maximum absolute atomic E-state index is 13.0. The van der Waals surface area contributed by atoms with Gasteiger partial charge in [0, 0.05) is 25.7 Å². The van der Waals surface area contributed by atoms with Crippen LogP contribution in [0, 0.1) is 23.7 Å². The molecule has 0 aromatic heterocycles. The molecule has 0 aromatic carbocycles.